The summed E-state index contributed by atoms with van der Waals surface area (Å²) in [4.78, 5) is 39.6. The van der Waals surface area contributed by atoms with Crippen LogP contribution in [0.4, 0.5) is 0 Å². The minimum Gasteiger partial charge on any atom is -0.375 e. The van der Waals surface area contributed by atoms with E-state index in [1.807, 2.05) is 12.1 Å². The predicted octanol–water partition coefficient (Wildman–Crippen LogP) is 1.05. The van der Waals surface area contributed by atoms with Gasteiger partial charge in [0.1, 0.15) is 6.04 Å². The van der Waals surface area contributed by atoms with Crippen molar-refractivity contribution in [3.05, 3.63) is 34.2 Å². The van der Waals surface area contributed by atoms with Gasteiger partial charge < -0.3 is 10.1 Å². The molecule has 2 aromatic rings. The number of hydrogen-bond donors (Lipinski definition) is 2. The van der Waals surface area contributed by atoms with E-state index >= 15 is 0 Å². The van der Waals surface area contributed by atoms with Crippen LogP contribution in [0.2, 0.25) is 0 Å². The average molecular weight is 456 g/mol. The minimum atomic E-state index is -0.656. The van der Waals surface area contributed by atoms with Gasteiger partial charge in [-0.1, -0.05) is 12.1 Å². The van der Waals surface area contributed by atoms with E-state index in [4.69, 9.17) is 4.74 Å². The number of fused-ring (bicyclic) bond motifs is 1. The van der Waals surface area contributed by atoms with Gasteiger partial charge in [-0.15, -0.1) is 0 Å². The molecule has 2 amide bonds. The summed E-state index contributed by atoms with van der Waals surface area (Å²) >= 11 is 0. The van der Waals surface area contributed by atoms with Gasteiger partial charge in [-0.3, -0.25) is 28.9 Å². The molecule has 3 fully saturated rings. The number of piperidine rings is 3. The monoisotopic (exact) mass is 455 g/mol. The summed E-state index contributed by atoms with van der Waals surface area (Å²) < 4.78 is 9.54. The highest BCUT2D eigenvalue weighted by Gasteiger charge is 2.32. The Bertz CT molecular complexity index is 1090. The third-order valence-electron chi connectivity index (χ3n) is 7.31. The number of rotatable bonds is 5. The first-order valence-corrected chi connectivity index (χ1v) is 12.1. The molecule has 3 aliphatic rings. The second-order valence-electron chi connectivity index (χ2n) is 9.52. The van der Waals surface area contributed by atoms with Gasteiger partial charge >= 0.3 is 5.69 Å². The number of benzene rings is 1. The minimum absolute atomic E-state index is 0.221. The second-order valence-corrected chi connectivity index (χ2v) is 9.52. The van der Waals surface area contributed by atoms with Crippen molar-refractivity contribution in [3.8, 4) is 0 Å². The fraction of sp³-hybridized carbons (Fsp3) is 0.625. The number of para-hydroxylation sites is 1. The molecule has 0 aliphatic carbocycles. The average Bonchev–Trinajstić information content (AvgIpc) is 3.07. The zero-order valence-corrected chi connectivity index (χ0v) is 19.2. The van der Waals surface area contributed by atoms with Crippen molar-refractivity contribution in [2.75, 3.05) is 26.2 Å². The van der Waals surface area contributed by atoms with Crippen molar-refractivity contribution < 1.29 is 14.3 Å². The van der Waals surface area contributed by atoms with Crippen molar-refractivity contribution >= 4 is 22.8 Å². The molecule has 0 radical (unpaired) electrons. The molecule has 9 heteroatoms. The number of aryl methyl sites for hydroxylation is 1. The molecular formula is C24H33N5O4. The third kappa shape index (κ3) is 4.49. The molecule has 1 unspecified atom stereocenters. The van der Waals surface area contributed by atoms with Gasteiger partial charge in [0, 0.05) is 33.1 Å². The van der Waals surface area contributed by atoms with E-state index in [0.717, 1.165) is 75.0 Å². The molecule has 0 bridgehead atoms. The van der Waals surface area contributed by atoms with Crippen LogP contribution in [0.15, 0.2) is 23.0 Å². The van der Waals surface area contributed by atoms with Crippen LogP contribution in [-0.4, -0.2) is 64.2 Å². The quantitative estimate of drug-likeness (QED) is 0.654. The van der Waals surface area contributed by atoms with Gasteiger partial charge in [0.25, 0.3) is 0 Å². The number of aromatic nitrogens is 2. The number of carbonyl (C=O) groups excluding carboxylic acids is 2. The van der Waals surface area contributed by atoms with Gasteiger partial charge in [0.15, 0.2) is 0 Å². The first-order chi connectivity index (χ1) is 16.0. The molecule has 1 aromatic heterocycles. The number of amides is 2. The number of imidazole rings is 1. The maximum absolute atomic E-state index is 13.1. The molecule has 1 aromatic carbocycles. The number of likely N-dealkylation sites (tertiary alicyclic amines) is 1. The Kier molecular flexibility index (Phi) is 6.36. The van der Waals surface area contributed by atoms with E-state index in [-0.39, 0.29) is 18.0 Å². The Balaban J connectivity index is 1.31. The summed E-state index contributed by atoms with van der Waals surface area (Å²) in [5, 5.41) is 5.76. The zero-order chi connectivity index (χ0) is 22.9. The SMILES string of the molecule is Cn1c(=O)n(C2CCC(=O)NC2=O)c2cccc(CN3CCC(OC4CCNCC4)CC3)c21. The van der Waals surface area contributed by atoms with Crippen LogP contribution in [-0.2, 0) is 27.9 Å². The summed E-state index contributed by atoms with van der Waals surface area (Å²) in [6.07, 6.45) is 5.55. The summed E-state index contributed by atoms with van der Waals surface area (Å²) in [5.41, 5.74) is 2.47. The summed E-state index contributed by atoms with van der Waals surface area (Å²) in [5.74, 6) is -0.681. The van der Waals surface area contributed by atoms with Crippen LogP contribution in [0.5, 0.6) is 0 Å². The van der Waals surface area contributed by atoms with E-state index in [0.29, 0.717) is 18.6 Å². The normalized spacial score (nSPS) is 23.8. The lowest BCUT2D eigenvalue weighted by molar-refractivity contribution is -0.135. The van der Waals surface area contributed by atoms with Gasteiger partial charge in [0.05, 0.1) is 23.2 Å². The van der Waals surface area contributed by atoms with E-state index in [1.165, 1.54) is 0 Å². The van der Waals surface area contributed by atoms with Crippen molar-refractivity contribution in [1.29, 1.82) is 0 Å². The van der Waals surface area contributed by atoms with Gasteiger partial charge in [-0.25, -0.2) is 4.79 Å². The fourth-order valence-corrected chi connectivity index (χ4v) is 5.53. The van der Waals surface area contributed by atoms with Crippen LogP contribution < -0.4 is 16.3 Å². The number of imide groups is 1. The van der Waals surface area contributed by atoms with Crippen molar-refractivity contribution in [3.63, 3.8) is 0 Å². The maximum Gasteiger partial charge on any atom is 0.329 e. The van der Waals surface area contributed by atoms with Crippen LogP contribution in [0, 0.1) is 0 Å². The number of nitrogens with zero attached hydrogens (tertiary/aromatic N) is 3. The number of carbonyl (C=O) groups is 2. The molecule has 178 valence electrons. The molecule has 3 aliphatic heterocycles. The molecule has 33 heavy (non-hydrogen) atoms. The van der Waals surface area contributed by atoms with Crippen molar-refractivity contribution in [1.82, 2.24) is 24.7 Å². The Morgan fingerprint density at radius 2 is 1.73 bits per heavy atom. The third-order valence-corrected chi connectivity index (χ3v) is 7.31. The van der Waals surface area contributed by atoms with E-state index in [2.05, 4.69) is 21.6 Å². The second kappa shape index (κ2) is 9.40. The maximum atomic E-state index is 13.1. The molecule has 9 nitrogen and oxygen atoms in total. The lowest BCUT2D eigenvalue weighted by Gasteiger charge is -2.35. The number of nitrogens with one attached hydrogen (secondary N) is 2. The first kappa shape index (κ1) is 22.3. The topological polar surface area (TPSA) is 97.6 Å². The zero-order valence-electron chi connectivity index (χ0n) is 19.2. The van der Waals surface area contributed by atoms with Gasteiger partial charge in [-0.05, 0) is 56.8 Å². The number of ether oxygens (including phenoxy) is 1. The summed E-state index contributed by atoms with van der Waals surface area (Å²) in [6.45, 7) is 4.78. The van der Waals surface area contributed by atoms with Gasteiger partial charge in [-0.2, -0.15) is 0 Å². The molecule has 5 rings (SSSR count). The lowest BCUT2D eigenvalue weighted by Crippen LogP contribution is -2.44. The number of hydrogen-bond acceptors (Lipinski definition) is 6. The molecule has 0 spiro atoms. The summed E-state index contributed by atoms with van der Waals surface area (Å²) in [6, 6.07) is 5.25. The lowest BCUT2D eigenvalue weighted by atomic mass is 10.0. The highest BCUT2D eigenvalue weighted by molar-refractivity contribution is 6.00. The molecule has 3 saturated heterocycles. The van der Waals surface area contributed by atoms with Crippen molar-refractivity contribution in [2.45, 2.75) is 63.3 Å². The summed E-state index contributed by atoms with van der Waals surface area (Å²) in [7, 11) is 1.76. The van der Waals surface area contributed by atoms with Crippen LogP contribution in [0.25, 0.3) is 11.0 Å². The Morgan fingerprint density at radius 3 is 2.45 bits per heavy atom. The Morgan fingerprint density at radius 1 is 1.00 bits per heavy atom. The van der Waals surface area contributed by atoms with Crippen LogP contribution in [0.1, 0.15) is 50.1 Å². The largest absolute Gasteiger partial charge is 0.375 e. The first-order valence-electron chi connectivity index (χ1n) is 12.1. The fourth-order valence-electron chi connectivity index (χ4n) is 5.53. The van der Waals surface area contributed by atoms with Crippen LogP contribution >= 0.6 is 0 Å². The highest BCUT2D eigenvalue weighted by Crippen LogP contribution is 2.27. The Labute approximate surface area is 193 Å². The molecule has 1 atom stereocenters. The van der Waals surface area contributed by atoms with E-state index in [9.17, 15) is 14.4 Å². The molecular weight excluding hydrogens is 422 g/mol. The van der Waals surface area contributed by atoms with Gasteiger partial charge in [0.2, 0.25) is 11.8 Å². The highest BCUT2D eigenvalue weighted by atomic mass is 16.5. The van der Waals surface area contributed by atoms with E-state index < -0.39 is 11.9 Å². The molecule has 2 N–H and O–H groups in total. The molecule has 4 heterocycles. The van der Waals surface area contributed by atoms with Crippen molar-refractivity contribution in [2.24, 2.45) is 7.05 Å². The standard InChI is InChI=1S/C24H33N5O4/c1-27-22-16(15-28-13-9-18(10-14-28)33-17-7-11-25-12-8-17)3-2-4-19(22)29(24(27)32)20-5-6-21(30)26-23(20)31/h2-4,17-18,20,25H,5-15H2,1H3,(H,26,30,31). The smallest absolute Gasteiger partial charge is 0.329 e. The van der Waals surface area contributed by atoms with Crippen LogP contribution in [0.3, 0.4) is 0 Å². The van der Waals surface area contributed by atoms with E-state index in [1.54, 1.807) is 16.2 Å². The Hall–Kier alpha value is -2.49. The predicted molar refractivity (Wildman–Crippen MR) is 124 cm³/mol. The molecule has 0 saturated carbocycles.